The Bertz CT molecular complexity index is 178. The van der Waals surface area contributed by atoms with Crippen molar-refractivity contribution in [3.63, 3.8) is 0 Å². The summed E-state index contributed by atoms with van der Waals surface area (Å²) in [6, 6.07) is 0.729. The minimum Gasteiger partial charge on any atom is -0.394 e. The molecule has 0 amide bonds. The Morgan fingerprint density at radius 1 is 1.44 bits per heavy atom. The SMILES string of the molecule is CCN1CCCC1CN(C)CCOCCO. The lowest BCUT2D eigenvalue weighted by molar-refractivity contribution is 0.0736. The van der Waals surface area contributed by atoms with Crippen LogP contribution < -0.4 is 0 Å². The number of aliphatic hydroxyl groups excluding tert-OH is 1. The van der Waals surface area contributed by atoms with E-state index in [1.54, 1.807) is 0 Å². The first kappa shape index (κ1) is 13.9. The van der Waals surface area contributed by atoms with E-state index < -0.39 is 0 Å². The molecule has 1 saturated heterocycles. The largest absolute Gasteiger partial charge is 0.394 e. The van der Waals surface area contributed by atoms with E-state index in [-0.39, 0.29) is 6.61 Å². The third-order valence-corrected chi connectivity index (χ3v) is 3.28. The van der Waals surface area contributed by atoms with Crippen LogP contribution in [-0.2, 0) is 4.74 Å². The molecule has 4 nitrogen and oxygen atoms in total. The minimum absolute atomic E-state index is 0.121. The Hall–Kier alpha value is -0.160. The molecule has 1 fully saturated rings. The highest BCUT2D eigenvalue weighted by atomic mass is 16.5. The maximum atomic E-state index is 8.58. The summed E-state index contributed by atoms with van der Waals surface area (Å²) in [6.45, 7) is 8.05. The molecule has 1 aliphatic heterocycles. The first-order valence-corrected chi connectivity index (χ1v) is 6.39. The molecule has 96 valence electrons. The first-order valence-electron chi connectivity index (χ1n) is 6.39. The summed E-state index contributed by atoms with van der Waals surface area (Å²) >= 11 is 0. The highest BCUT2D eigenvalue weighted by molar-refractivity contribution is 4.80. The van der Waals surface area contributed by atoms with Crippen molar-refractivity contribution >= 4 is 0 Å². The summed E-state index contributed by atoms with van der Waals surface area (Å²) in [5.74, 6) is 0. The lowest BCUT2D eigenvalue weighted by Crippen LogP contribution is -2.39. The number of likely N-dealkylation sites (N-methyl/N-ethyl adjacent to an activating group) is 2. The van der Waals surface area contributed by atoms with Crippen LogP contribution in [0.1, 0.15) is 19.8 Å². The molecule has 1 rings (SSSR count). The number of hydrogen-bond acceptors (Lipinski definition) is 4. The molecule has 1 aliphatic rings. The zero-order chi connectivity index (χ0) is 11.8. The first-order chi connectivity index (χ1) is 7.77. The molecule has 0 aliphatic carbocycles. The van der Waals surface area contributed by atoms with Crippen LogP contribution in [0.15, 0.2) is 0 Å². The maximum Gasteiger partial charge on any atom is 0.0698 e. The monoisotopic (exact) mass is 230 g/mol. The molecule has 1 N–H and O–H groups in total. The Labute approximate surface area is 99.2 Å². The standard InChI is InChI=1S/C12H26N2O2/c1-3-14-6-4-5-12(14)11-13(2)7-9-16-10-8-15/h12,15H,3-11H2,1-2H3. The van der Waals surface area contributed by atoms with Crippen molar-refractivity contribution in [3.05, 3.63) is 0 Å². The molecular weight excluding hydrogens is 204 g/mol. The van der Waals surface area contributed by atoms with Crippen LogP contribution in [0.3, 0.4) is 0 Å². The van der Waals surface area contributed by atoms with Crippen LogP contribution in [-0.4, -0.2) is 74.0 Å². The van der Waals surface area contributed by atoms with Crippen molar-refractivity contribution in [2.24, 2.45) is 0 Å². The van der Waals surface area contributed by atoms with Gasteiger partial charge in [0.25, 0.3) is 0 Å². The molecule has 0 radical (unpaired) electrons. The van der Waals surface area contributed by atoms with Gasteiger partial charge in [0.05, 0.1) is 19.8 Å². The smallest absolute Gasteiger partial charge is 0.0698 e. The molecule has 4 heteroatoms. The Kier molecular flexibility index (Phi) is 6.96. The molecule has 0 bridgehead atoms. The Morgan fingerprint density at radius 2 is 2.25 bits per heavy atom. The van der Waals surface area contributed by atoms with Crippen molar-refractivity contribution in [2.45, 2.75) is 25.8 Å². The molecule has 0 aromatic carbocycles. The van der Waals surface area contributed by atoms with Gasteiger partial charge in [-0.15, -0.1) is 0 Å². The van der Waals surface area contributed by atoms with Gasteiger partial charge in [0.15, 0.2) is 0 Å². The van der Waals surface area contributed by atoms with Crippen LogP contribution in [0.2, 0.25) is 0 Å². The molecular formula is C12H26N2O2. The zero-order valence-corrected chi connectivity index (χ0v) is 10.7. The second-order valence-corrected chi connectivity index (χ2v) is 4.52. The Balaban J connectivity index is 2.10. The molecule has 0 aromatic heterocycles. The Morgan fingerprint density at radius 3 is 2.94 bits per heavy atom. The molecule has 1 atom stereocenters. The number of rotatable bonds is 8. The molecule has 16 heavy (non-hydrogen) atoms. The fraction of sp³-hybridized carbons (Fsp3) is 1.00. The fourth-order valence-electron chi connectivity index (χ4n) is 2.36. The lowest BCUT2D eigenvalue weighted by Gasteiger charge is -2.27. The van der Waals surface area contributed by atoms with Gasteiger partial charge in [0, 0.05) is 19.1 Å². The second-order valence-electron chi connectivity index (χ2n) is 4.52. The van der Waals surface area contributed by atoms with Crippen molar-refractivity contribution in [1.29, 1.82) is 0 Å². The number of nitrogens with zero attached hydrogens (tertiary/aromatic N) is 2. The lowest BCUT2D eigenvalue weighted by atomic mass is 10.2. The van der Waals surface area contributed by atoms with Gasteiger partial charge in [-0.2, -0.15) is 0 Å². The van der Waals surface area contributed by atoms with Crippen LogP contribution in [0.4, 0.5) is 0 Å². The minimum atomic E-state index is 0.121. The fourth-order valence-corrected chi connectivity index (χ4v) is 2.36. The number of aliphatic hydroxyl groups is 1. The van der Waals surface area contributed by atoms with E-state index in [1.807, 2.05) is 0 Å². The van der Waals surface area contributed by atoms with E-state index in [9.17, 15) is 0 Å². The van der Waals surface area contributed by atoms with Crippen LogP contribution in [0.5, 0.6) is 0 Å². The van der Waals surface area contributed by atoms with Gasteiger partial charge in [0.2, 0.25) is 0 Å². The quantitative estimate of drug-likeness (QED) is 0.613. The van der Waals surface area contributed by atoms with E-state index in [0.29, 0.717) is 6.61 Å². The van der Waals surface area contributed by atoms with Gasteiger partial charge in [-0.25, -0.2) is 0 Å². The highest BCUT2D eigenvalue weighted by Gasteiger charge is 2.23. The average Bonchev–Trinajstić information content (AvgIpc) is 2.71. The summed E-state index contributed by atoms with van der Waals surface area (Å²) in [5.41, 5.74) is 0. The van der Waals surface area contributed by atoms with E-state index in [0.717, 1.165) is 25.7 Å². The molecule has 0 aromatic rings. The predicted molar refractivity (Wildman–Crippen MR) is 65.7 cm³/mol. The van der Waals surface area contributed by atoms with Gasteiger partial charge in [0.1, 0.15) is 0 Å². The summed E-state index contributed by atoms with van der Waals surface area (Å²) in [6.07, 6.45) is 2.67. The second kappa shape index (κ2) is 8.01. The zero-order valence-electron chi connectivity index (χ0n) is 10.7. The van der Waals surface area contributed by atoms with Gasteiger partial charge in [-0.3, -0.25) is 4.90 Å². The average molecular weight is 230 g/mol. The predicted octanol–water partition coefficient (Wildman–Crippen LogP) is 0.411. The third kappa shape index (κ3) is 4.78. The van der Waals surface area contributed by atoms with Crippen molar-refractivity contribution < 1.29 is 9.84 Å². The molecule has 0 saturated carbocycles. The van der Waals surface area contributed by atoms with Gasteiger partial charge < -0.3 is 14.7 Å². The summed E-state index contributed by atoms with van der Waals surface area (Å²) < 4.78 is 5.27. The van der Waals surface area contributed by atoms with Crippen LogP contribution in [0.25, 0.3) is 0 Å². The highest BCUT2D eigenvalue weighted by Crippen LogP contribution is 2.16. The van der Waals surface area contributed by atoms with E-state index >= 15 is 0 Å². The summed E-state index contributed by atoms with van der Waals surface area (Å²) in [4.78, 5) is 4.89. The number of likely N-dealkylation sites (tertiary alicyclic amines) is 1. The van der Waals surface area contributed by atoms with E-state index in [2.05, 4.69) is 23.8 Å². The number of ether oxygens (including phenoxy) is 1. The molecule has 0 spiro atoms. The van der Waals surface area contributed by atoms with Gasteiger partial charge >= 0.3 is 0 Å². The van der Waals surface area contributed by atoms with Crippen molar-refractivity contribution in [3.8, 4) is 0 Å². The third-order valence-electron chi connectivity index (χ3n) is 3.28. The molecule has 1 heterocycles. The van der Waals surface area contributed by atoms with Crippen LogP contribution >= 0.6 is 0 Å². The van der Waals surface area contributed by atoms with Crippen molar-refractivity contribution in [2.75, 3.05) is 53.0 Å². The summed E-state index contributed by atoms with van der Waals surface area (Å²) in [7, 11) is 2.15. The van der Waals surface area contributed by atoms with Gasteiger partial charge in [-0.1, -0.05) is 6.92 Å². The van der Waals surface area contributed by atoms with Crippen molar-refractivity contribution in [1.82, 2.24) is 9.80 Å². The normalized spacial score (nSPS) is 22.1. The van der Waals surface area contributed by atoms with Crippen LogP contribution in [0, 0.1) is 0 Å². The molecule has 1 unspecified atom stereocenters. The topological polar surface area (TPSA) is 35.9 Å². The van der Waals surface area contributed by atoms with E-state index in [4.69, 9.17) is 9.84 Å². The summed E-state index contributed by atoms with van der Waals surface area (Å²) in [5, 5.41) is 8.58. The van der Waals surface area contributed by atoms with E-state index in [1.165, 1.54) is 25.9 Å². The van der Waals surface area contributed by atoms with Gasteiger partial charge in [-0.05, 0) is 33.0 Å². The number of hydrogen-bond donors (Lipinski definition) is 1. The maximum absolute atomic E-state index is 8.58.